The quantitative estimate of drug-likeness (QED) is 0.672. The van der Waals surface area contributed by atoms with Gasteiger partial charge < -0.3 is 15.2 Å². The van der Waals surface area contributed by atoms with Crippen molar-refractivity contribution in [1.29, 1.82) is 0 Å². The number of aliphatic hydroxyl groups excluding tert-OH is 1. The summed E-state index contributed by atoms with van der Waals surface area (Å²) in [5, 5.41) is 12.0. The zero-order valence-corrected chi connectivity index (χ0v) is 11.5. The van der Waals surface area contributed by atoms with Gasteiger partial charge in [0.25, 0.3) is 0 Å². The largest absolute Gasteiger partial charge is 0.396 e. The fourth-order valence-corrected chi connectivity index (χ4v) is 1.78. The summed E-state index contributed by atoms with van der Waals surface area (Å²) < 4.78 is 5.28. The molecule has 0 spiro atoms. The first-order chi connectivity index (χ1) is 9.27. The maximum absolute atomic E-state index is 11.7. The summed E-state index contributed by atoms with van der Waals surface area (Å²) >= 11 is 0. The third-order valence-electron chi connectivity index (χ3n) is 2.83. The van der Waals surface area contributed by atoms with Crippen LogP contribution in [0.1, 0.15) is 37.8 Å². The fraction of sp³-hybridized carbons (Fsp3) is 0.533. The Hall–Kier alpha value is -1.39. The van der Waals surface area contributed by atoms with Gasteiger partial charge in [-0.15, -0.1) is 0 Å². The van der Waals surface area contributed by atoms with Crippen LogP contribution >= 0.6 is 0 Å². The molecule has 4 nitrogen and oxygen atoms in total. The van der Waals surface area contributed by atoms with E-state index in [2.05, 4.69) is 12.2 Å². The number of carbonyl (C=O) groups excluding carboxylic acids is 1. The SMILES string of the molecule is CCCCOCC(=O)N[C@@H](CCO)c1ccccc1. The van der Waals surface area contributed by atoms with E-state index >= 15 is 0 Å². The highest BCUT2D eigenvalue weighted by Gasteiger charge is 2.13. The van der Waals surface area contributed by atoms with Crippen molar-refractivity contribution in [2.75, 3.05) is 19.8 Å². The molecule has 0 aliphatic carbocycles. The second-order valence-electron chi connectivity index (χ2n) is 4.45. The van der Waals surface area contributed by atoms with Gasteiger partial charge in [-0.2, -0.15) is 0 Å². The summed E-state index contributed by atoms with van der Waals surface area (Å²) in [4.78, 5) is 11.7. The number of amides is 1. The zero-order chi connectivity index (χ0) is 13.9. The van der Waals surface area contributed by atoms with E-state index in [1.54, 1.807) is 0 Å². The predicted molar refractivity (Wildman–Crippen MR) is 74.8 cm³/mol. The minimum atomic E-state index is -0.159. The highest BCUT2D eigenvalue weighted by atomic mass is 16.5. The smallest absolute Gasteiger partial charge is 0.246 e. The van der Waals surface area contributed by atoms with Crippen LogP contribution in [0.15, 0.2) is 30.3 Å². The summed E-state index contributed by atoms with van der Waals surface area (Å²) in [7, 11) is 0. The van der Waals surface area contributed by atoms with Gasteiger partial charge in [0.15, 0.2) is 0 Å². The average Bonchev–Trinajstić information content (AvgIpc) is 2.44. The normalized spacial score (nSPS) is 12.1. The summed E-state index contributed by atoms with van der Waals surface area (Å²) in [6.07, 6.45) is 2.52. The van der Waals surface area contributed by atoms with Gasteiger partial charge in [-0.25, -0.2) is 0 Å². The zero-order valence-electron chi connectivity index (χ0n) is 11.5. The molecule has 0 aliphatic rings. The lowest BCUT2D eigenvalue weighted by Crippen LogP contribution is -2.32. The molecular formula is C15H23NO3. The number of nitrogens with one attached hydrogen (secondary N) is 1. The van der Waals surface area contributed by atoms with Crippen molar-refractivity contribution >= 4 is 5.91 Å². The molecule has 19 heavy (non-hydrogen) atoms. The van der Waals surface area contributed by atoms with Gasteiger partial charge in [0.05, 0.1) is 6.04 Å². The Kier molecular flexibility index (Phi) is 7.86. The summed E-state index contributed by atoms with van der Waals surface area (Å²) in [6.45, 7) is 2.81. The molecule has 1 aromatic carbocycles. The molecule has 0 unspecified atom stereocenters. The van der Waals surface area contributed by atoms with E-state index in [0.29, 0.717) is 13.0 Å². The highest BCUT2D eigenvalue weighted by Crippen LogP contribution is 2.15. The van der Waals surface area contributed by atoms with E-state index in [-0.39, 0.29) is 25.2 Å². The molecule has 1 atom stereocenters. The molecular weight excluding hydrogens is 242 g/mol. The van der Waals surface area contributed by atoms with E-state index in [0.717, 1.165) is 18.4 Å². The Labute approximate surface area is 114 Å². The topological polar surface area (TPSA) is 58.6 Å². The molecule has 2 N–H and O–H groups in total. The van der Waals surface area contributed by atoms with Gasteiger partial charge >= 0.3 is 0 Å². The van der Waals surface area contributed by atoms with E-state index in [1.165, 1.54) is 0 Å². The van der Waals surface area contributed by atoms with Crippen LogP contribution in [-0.2, 0) is 9.53 Å². The molecule has 0 aromatic heterocycles. The van der Waals surface area contributed by atoms with E-state index in [4.69, 9.17) is 9.84 Å². The van der Waals surface area contributed by atoms with Gasteiger partial charge in [-0.05, 0) is 18.4 Å². The van der Waals surface area contributed by atoms with Gasteiger partial charge in [0, 0.05) is 13.2 Å². The van der Waals surface area contributed by atoms with Gasteiger partial charge in [0.1, 0.15) is 6.61 Å². The molecule has 106 valence electrons. The number of hydrogen-bond acceptors (Lipinski definition) is 3. The third-order valence-corrected chi connectivity index (χ3v) is 2.83. The lowest BCUT2D eigenvalue weighted by Gasteiger charge is -2.18. The molecule has 0 aliphatic heterocycles. The standard InChI is InChI=1S/C15H23NO3/c1-2-3-11-19-12-15(18)16-14(9-10-17)13-7-5-4-6-8-13/h4-8,14,17H,2-3,9-12H2,1H3,(H,16,18)/t14-/m0/s1. The van der Waals surface area contributed by atoms with Crippen LogP contribution in [0.5, 0.6) is 0 Å². The Bertz CT molecular complexity index is 354. The van der Waals surface area contributed by atoms with Crippen molar-refractivity contribution in [3.05, 3.63) is 35.9 Å². The summed E-state index contributed by atoms with van der Waals surface area (Å²) in [6, 6.07) is 9.49. The Balaban J connectivity index is 2.43. The molecule has 0 radical (unpaired) electrons. The lowest BCUT2D eigenvalue weighted by atomic mass is 10.0. The third kappa shape index (κ3) is 6.36. The second kappa shape index (κ2) is 9.53. The first-order valence-electron chi connectivity index (χ1n) is 6.80. The van der Waals surface area contributed by atoms with Crippen LogP contribution < -0.4 is 5.32 Å². The van der Waals surface area contributed by atoms with Gasteiger partial charge in [-0.1, -0.05) is 43.7 Å². The first kappa shape index (κ1) is 15.7. The number of ether oxygens (including phenoxy) is 1. The Morgan fingerprint density at radius 2 is 2.11 bits per heavy atom. The Morgan fingerprint density at radius 1 is 1.37 bits per heavy atom. The number of unbranched alkanes of at least 4 members (excludes halogenated alkanes) is 1. The van der Waals surface area contributed by atoms with E-state index in [1.807, 2.05) is 30.3 Å². The Morgan fingerprint density at radius 3 is 2.74 bits per heavy atom. The van der Waals surface area contributed by atoms with E-state index < -0.39 is 0 Å². The monoisotopic (exact) mass is 265 g/mol. The van der Waals surface area contributed by atoms with Gasteiger partial charge in [0.2, 0.25) is 5.91 Å². The van der Waals surface area contributed by atoms with Crippen molar-refractivity contribution in [3.8, 4) is 0 Å². The van der Waals surface area contributed by atoms with Crippen molar-refractivity contribution in [2.24, 2.45) is 0 Å². The van der Waals surface area contributed by atoms with Crippen LogP contribution in [0.2, 0.25) is 0 Å². The molecule has 0 saturated carbocycles. The molecule has 1 rings (SSSR count). The van der Waals surface area contributed by atoms with Crippen molar-refractivity contribution < 1.29 is 14.6 Å². The number of benzene rings is 1. The number of rotatable bonds is 9. The molecule has 0 fully saturated rings. The van der Waals surface area contributed by atoms with Crippen molar-refractivity contribution in [3.63, 3.8) is 0 Å². The molecule has 1 amide bonds. The van der Waals surface area contributed by atoms with Crippen LogP contribution in [0.25, 0.3) is 0 Å². The molecule has 0 saturated heterocycles. The van der Waals surface area contributed by atoms with Crippen LogP contribution in [-0.4, -0.2) is 30.8 Å². The minimum absolute atomic E-state index is 0.0382. The molecule has 4 heteroatoms. The molecule has 0 bridgehead atoms. The number of carbonyl (C=O) groups is 1. The van der Waals surface area contributed by atoms with Crippen LogP contribution in [0.4, 0.5) is 0 Å². The fourth-order valence-electron chi connectivity index (χ4n) is 1.78. The van der Waals surface area contributed by atoms with Crippen molar-refractivity contribution in [2.45, 2.75) is 32.2 Å². The van der Waals surface area contributed by atoms with Crippen molar-refractivity contribution in [1.82, 2.24) is 5.32 Å². The second-order valence-corrected chi connectivity index (χ2v) is 4.45. The molecule has 1 aromatic rings. The minimum Gasteiger partial charge on any atom is -0.396 e. The maximum atomic E-state index is 11.7. The first-order valence-corrected chi connectivity index (χ1v) is 6.80. The number of hydrogen-bond donors (Lipinski definition) is 2. The summed E-state index contributed by atoms with van der Waals surface area (Å²) in [5.41, 5.74) is 0.999. The lowest BCUT2D eigenvalue weighted by molar-refractivity contribution is -0.126. The predicted octanol–water partition coefficient (Wildman–Crippen LogP) is 2.04. The van der Waals surface area contributed by atoms with E-state index in [9.17, 15) is 4.79 Å². The van der Waals surface area contributed by atoms with Crippen LogP contribution in [0, 0.1) is 0 Å². The summed E-state index contributed by atoms with van der Waals surface area (Å²) in [5.74, 6) is -0.140. The molecule has 0 heterocycles. The highest BCUT2D eigenvalue weighted by molar-refractivity contribution is 5.77. The van der Waals surface area contributed by atoms with Gasteiger partial charge in [-0.3, -0.25) is 4.79 Å². The van der Waals surface area contributed by atoms with Crippen LogP contribution in [0.3, 0.4) is 0 Å². The maximum Gasteiger partial charge on any atom is 0.246 e. The average molecular weight is 265 g/mol. The number of aliphatic hydroxyl groups is 1.